The van der Waals surface area contributed by atoms with Gasteiger partial charge in [0.05, 0.1) is 28.4 Å². The first-order chi connectivity index (χ1) is 10.9. The van der Waals surface area contributed by atoms with Gasteiger partial charge in [-0.2, -0.15) is 13.2 Å². The van der Waals surface area contributed by atoms with Gasteiger partial charge in [0.1, 0.15) is 5.82 Å². The molecule has 24 heavy (non-hydrogen) atoms. The second-order valence-corrected chi connectivity index (χ2v) is 6.70. The molecule has 9 heteroatoms. The molecule has 0 N–H and O–H groups in total. The van der Waals surface area contributed by atoms with Gasteiger partial charge in [-0.25, -0.2) is 9.37 Å². The van der Waals surface area contributed by atoms with E-state index < -0.39 is 36.0 Å². The Labute approximate surface area is 136 Å². The summed E-state index contributed by atoms with van der Waals surface area (Å²) in [5.41, 5.74) is -2.46. The lowest BCUT2D eigenvalue weighted by Gasteiger charge is -2.32. The molecule has 1 aromatic carbocycles. The third-order valence-corrected chi connectivity index (χ3v) is 4.46. The summed E-state index contributed by atoms with van der Waals surface area (Å²) in [7, 11) is -0.969. The first-order valence-electron chi connectivity index (χ1n) is 7.30. The van der Waals surface area contributed by atoms with Crippen molar-refractivity contribution in [1.29, 1.82) is 0 Å². The van der Waals surface area contributed by atoms with Crippen molar-refractivity contribution in [3.63, 3.8) is 0 Å². The van der Waals surface area contributed by atoms with Crippen molar-refractivity contribution in [3.05, 3.63) is 29.8 Å². The number of fused-ring (bicyclic) bond motifs is 1. The largest absolute Gasteiger partial charge is 0.497 e. The first kappa shape index (κ1) is 17.1. The van der Waals surface area contributed by atoms with E-state index in [1.165, 1.54) is 6.07 Å². The van der Waals surface area contributed by atoms with Crippen molar-refractivity contribution in [2.75, 3.05) is 0 Å². The Morgan fingerprint density at radius 3 is 2.12 bits per heavy atom. The van der Waals surface area contributed by atoms with Crippen LogP contribution in [-0.2, 0) is 15.5 Å². The highest BCUT2D eigenvalue weighted by Gasteiger charge is 2.52. The maximum absolute atomic E-state index is 14.4. The molecule has 0 amide bonds. The predicted octanol–water partition coefficient (Wildman–Crippen LogP) is 3.09. The summed E-state index contributed by atoms with van der Waals surface area (Å²) in [6, 6.07) is 2.22. The lowest BCUT2D eigenvalue weighted by molar-refractivity contribution is -0.141. The molecule has 0 aliphatic carbocycles. The van der Waals surface area contributed by atoms with Crippen LogP contribution in [0.2, 0.25) is 0 Å². The van der Waals surface area contributed by atoms with E-state index in [1.807, 2.05) is 27.7 Å². The fourth-order valence-electron chi connectivity index (χ4n) is 2.34. The average Bonchev–Trinajstić information content (AvgIpc) is 2.64. The zero-order valence-corrected chi connectivity index (χ0v) is 13.5. The van der Waals surface area contributed by atoms with Crippen molar-refractivity contribution in [3.8, 4) is 0 Å². The minimum atomic E-state index is -4.64. The van der Waals surface area contributed by atoms with Gasteiger partial charge in [0.2, 0.25) is 0 Å². The van der Waals surface area contributed by atoms with E-state index in [0.717, 1.165) is 6.07 Å². The maximum atomic E-state index is 14.4. The van der Waals surface area contributed by atoms with Crippen molar-refractivity contribution >= 4 is 23.6 Å². The Bertz CT molecular complexity index is 792. The quantitative estimate of drug-likeness (QED) is 0.590. The fraction of sp³-hybridized carbons (Fsp3) is 0.467. The van der Waals surface area contributed by atoms with Crippen LogP contribution >= 0.6 is 0 Å². The van der Waals surface area contributed by atoms with Gasteiger partial charge in [-0.15, -0.1) is 0 Å². The Morgan fingerprint density at radius 2 is 1.58 bits per heavy atom. The SMILES string of the molecule is CC1(C)OB(c2cc3ncc(C(F)(F)F)nc3cc2F)OC1(C)C. The number of hydrogen-bond acceptors (Lipinski definition) is 4. The lowest BCUT2D eigenvalue weighted by Crippen LogP contribution is -2.41. The number of hydrogen-bond donors (Lipinski definition) is 0. The third kappa shape index (κ3) is 2.75. The highest BCUT2D eigenvalue weighted by Crippen LogP contribution is 2.37. The zero-order chi connectivity index (χ0) is 17.9. The van der Waals surface area contributed by atoms with E-state index in [9.17, 15) is 17.6 Å². The second-order valence-electron chi connectivity index (χ2n) is 6.70. The van der Waals surface area contributed by atoms with E-state index in [4.69, 9.17) is 9.31 Å². The Kier molecular flexibility index (Phi) is 3.65. The third-order valence-electron chi connectivity index (χ3n) is 4.46. The van der Waals surface area contributed by atoms with E-state index in [0.29, 0.717) is 6.20 Å². The summed E-state index contributed by atoms with van der Waals surface area (Å²) in [6.45, 7) is 7.28. The van der Waals surface area contributed by atoms with E-state index >= 15 is 0 Å². The van der Waals surface area contributed by atoms with Gasteiger partial charge in [0.15, 0.2) is 5.69 Å². The van der Waals surface area contributed by atoms with Crippen LogP contribution in [0.25, 0.3) is 11.0 Å². The van der Waals surface area contributed by atoms with Gasteiger partial charge in [-0.05, 0) is 33.8 Å². The Hall–Kier alpha value is -1.74. The minimum Gasteiger partial charge on any atom is -0.399 e. The molecule has 1 saturated heterocycles. The summed E-state index contributed by atoms with van der Waals surface area (Å²) in [6.07, 6.45) is -4.02. The number of aromatic nitrogens is 2. The van der Waals surface area contributed by atoms with Gasteiger partial charge in [-0.1, -0.05) is 0 Å². The first-order valence-corrected chi connectivity index (χ1v) is 7.30. The molecule has 0 radical (unpaired) electrons. The number of alkyl halides is 3. The van der Waals surface area contributed by atoms with Crippen LogP contribution in [0.1, 0.15) is 33.4 Å². The molecule has 2 aromatic rings. The highest BCUT2D eigenvalue weighted by molar-refractivity contribution is 6.62. The van der Waals surface area contributed by atoms with Crippen molar-refractivity contribution in [2.24, 2.45) is 0 Å². The van der Waals surface area contributed by atoms with E-state index in [2.05, 4.69) is 9.97 Å². The predicted molar refractivity (Wildman–Crippen MR) is 80.2 cm³/mol. The number of nitrogens with zero attached hydrogens (tertiary/aromatic N) is 2. The van der Waals surface area contributed by atoms with Crippen LogP contribution < -0.4 is 5.46 Å². The number of rotatable bonds is 1. The minimum absolute atomic E-state index is 0.0789. The van der Waals surface area contributed by atoms with Gasteiger partial charge in [0.25, 0.3) is 0 Å². The Morgan fingerprint density at radius 1 is 1.00 bits per heavy atom. The molecule has 4 nitrogen and oxygen atoms in total. The molecule has 0 saturated carbocycles. The smallest absolute Gasteiger partial charge is 0.399 e. The maximum Gasteiger partial charge on any atom is 0.497 e. The van der Waals surface area contributed by atoms with Crippen LogP contribution in [0.4, 0.5) is 17.6 Å². The van der Waals surface area contributed by atoms with Crippen LogP contribution in [0.3, 0.4) is 0 Å². The highest BCUT2D eigenvalue weighted by atomic mass is 19.4. The number of benzene rings is 1. The molecule has 1 fully saturated rings. The van der Waals surface area contributed by atoms with E-state index in [1.54, 1.807) is 0 Å². The molecule has 2 heterocycles. The molecule has 1 aliphatic rings. The van der Waals surface area contributed by atoms with Gasteiger partial charge < -0.3 is 9.31 Å². The molecule has 1 aromatic heterocycles. The van der Waals surface area contributed by atoms with Crippen LogP contribution in [0.5, 0.6) is 0 Å². The van der Waals surface area contributed by atoms with Crippen molar-refractivity contribution < 1.29 is 26.9 Å². The van der Waals surface area contributed by atoms with E-state index in [-0.39, 0.29) is 16.5 Å². The molecule has 0 unspecified atom stereocenters. The fourth-order valence-corrected chi connectivity index (χ4v) is 2.34. The summed E-state index contributed by atoms with van der Waals surface area (Å²) in [5, 5.41) is 0. The Balaban J connectivity index is 2.04. The van der Waals surface area contributed by atoms with Crippen LogP contribution in [0.15, 0.2) is 18.3 Å². The van der Waals surface area contributed by atoms with Gasteiger partial charge >= 0.3 is 13.3 Å². The standard InChI is InChI=1S/C15H15BF4N2O2/c1-13(2)14(3,4)24-16(23-13)8-5-10-11(6-9(8)17)22-12(7-21-10)15(18,19)20/h5-7H,1-4H3. The second kappa shape index (κ2) is 5.13. The molecule has 1 aliphatic heterocycles. The molecule has 128 valence electrons. The normalized spacial score (nSPS) is 19.9. The molecular formula is C15H15BF4N2O2. The molecule has 0 spiro atoms. The molecule has 0 bridgehead atoms. The van der Waals surface area contributed by atoms with Gasteiger partial charge in [0, 0.05) is 11.5 Å². The van der Waals surface area contributed by atoms with Crippen molar-refractivity contribution in [1.82, 2.24) is 9.97 Å². The number of halogens is 4. The lowest BCUT2D eigenvalue weighted by atomic mass is 9.78. The topological polar surface area (TPSA) is 44.2 Å². The van der Waals surface area contributed by atoms with Crippen LogP contribution in [-0.4, -0.2) is 28.3 Å². The molecular weight excluding hydrogens is 327 g/mol. The zero-order valence-electron chi connectivity index (χ0n) is 13.5. The summed E-state index contributed by atoms with van der Waals surface area (Å²) < 4.78 is 64.0. The van der Waals surface area contributed by atoms with Crippen LogP contribution in [0, 0.1) is 5.82 Å². The summed E-state index contributed by atoms with van der Waals surface area (Å²) in [5.74, 6) is -0.755. The average molecular weight is 342 g/mol. The van der Waals surface area contributed by atoms with Gasteiger partial charge in [-0.3, -0.25) is 4.98 Å². The molecule has 0 atom stereocenters. The van der Waals surface area contributed by atoms with Crippen molar-refractivity contribution in [2.45, 2.75) is 45.1 Å². The monoisotopic (exact) mass is 342 g/mol. The summed E-state index contributed by atoms with van der Waals surface area (Å²) >= 11 is 0. The molecule has 3 rings (SSSR count). The summed E-state index contributed by atoms with van der Waals surface area (Å²) in [4.78, 5) is 7.16.